The van der Waals surface area contributed by atoms with Gasteiger partial charge in [0.25, 0.3) is 10.0 Å². The lowest BCUT2D eigenvalue weighted by Gasteiger charge is -2.19. The molecule has 0 aliphatic rings. The number of hydrogen-bond acceptors (Lipinski definition) is 6. The van der Waals surface area contributed by atoms with Crippen molar-refractivity contribution in [3.8, 4) is 0 Å². The van der Waals surface area contributed by atoms with E-state index in [1.54, 1.807) is 42.5 Å². The number of aryl methyl sites for hydroxylation is 1. The molecule has 0 saturated heterocycles. The Labute approximate surface area is 230 Å². The number of sulfonamides is 1. The number of nitrogens with zero attached hydrogens (tertiary/aromatic N) is 1. The molecule has 0 radical (unpaired) electrons. The molecule has 2 N–H and O–H groups in total. The van der Waals surface area contributed by atoms with Crippen LogP contribution in [0.15, 0.2) is 112 Å². The monoisotopic (exact) mass is 559 g/mol. The molecule has 192 valence electrons. The Morgan fingerprint density at radius 3 is 2.16 bits per heavy atom. The van der Waals surface area contributed by atoms with Crippen molar-refractivity contribution in [1.82, 2.24) is 10.3 Å². The maximum Gasteiger partial charge on any atom is 0.261 e. The molecule has 0 atom stereocenters. The Morgan fingerprint density at radius 1 is 0.895 bits per heavy atom. The summed E-state index contributed by atoms with van der Waals surface area (Å²) in [6, 6.07) is 31.5. The predicted molar refractivity (Wildman–Crippen MR) is 155 cm³/mol. The van der Waals surface area contributed by atoms with Gasteiger partial charge >= 0.3 is 0 Å². The summed E-state index contributed by atoms with van der Waals surface area (Å²) >= 11 is 2.79. The second-order valence-corrected chi connectivity index (χ2v) is 12.6. The number of carbonyl (C=O) groups is 1. The summed E-state index contributed by atoms with van der Waals surface area (Å²) in [6.07, 6.45) is 0. The summed E-state index contributed by atoms with van der Waals surface area (Å²) in [6.45, 7) is 1.91. The number of amides is 1. The fourth-order valence-corrected chi connectivity index (χ4v) is 6.91. The van der Waals surface area contributed by atoms with Crippen LogP contribution in [-0.2, 0) is 14.8 Å². The van der Waals surface area contributed by atoms with Gasteiger partial charge in [0.05, 0.1) is 32.6 Å². The molecule has 1 heterocycles. The second-order valence-electron chi connectivity index (χ2n) is 8.69. The average molecular weight is 560 g/mol. The molecule has 0 saturated carbocycles. The molecule has 0 unspecified atom stereocenters. The summed E-state index contributed by atoms with van der Waals surface area (Å²) in [7, 11) is -3.69. The molecule has 1 aromatic heterocycles. The molecule has 9 heteroatoms. The van der Waals surface area contributed by atoms with E-state index in [9.17, 15) is 13.2 Å². The van der Waals surface area contributed by atoms with E-state index in [0.29, 0.717) is 5.69 Å². The molecule has 5 aromatic rings. The van der Waals surface area contributed by atoms with Gasteiger partial charge in [-0.2, -0.15) is 0 Å². The number of anilines is 1. The lowest BCUT2D eigenvalue weighted by Crippen LogP contribution is -2.30. The van der Waals surface area contributed by atoms with Crippen molar-refractivity contribution < 1.29 is 13.2 Å². The van der Waals surface area contributed by atoms with E-state index in [1.165, 1.54) is 23.1 Å². The number of hydrogen-bond donors (Lipinski definition) is 2. The molecule has 0 spiro atoms. The van der Waals surface area contributed by atoms with Gasteiger partial charge in [0.2, 0.25) is 5.91 Å². The lowest BCUT2D eigenvalue weighted by atomic mass is 9.99. The number of thiazole rings is 1. The van der Waals surface area contributed by atoms with Crippen molar-refractivity contribution in [2.75, 3.05) is 10.5 Å². The highest BCUT2D eigenvalue weighted by Gasteiger charge is 2.18. The van der Waals surface area contributed by atoms with Gasteiger partial charge in [-0.25, -0.2) is 13.4 Å². The molecular formula is C29H25N3O3S3. The van der Waals surface area contributed by atoms with E-state index in [4.69, 9.17) is 0 Å². The third-order valence-corrected chi connectivity index (χ3v) is 9.41. The molecule has 6 nitrogen and oxygen atoms in total. The number of thioether (sulfide) groups is 1. The first kappa shape index (κ1) is 26.0. The Bertz CT molecular complexity index is 1610. The lowest BCUT2D eigenvalue weighted by molar-refractivity contribution is -0.119. The quantitative estimate of drug-likeness (QED) is 0.204. The third kappa shape index (κ3) is 6.24. The highest BCUT2D eigenvalue weighted by Crippen LogP contribution is 2.32. The number of rotatable bonds is 9. The van der Waals surface area contributed by atoms with E-state index in [1.807, 2.05) is 67.6 Å². The van der Waals surface area contributed by atoms with E-state index < -0.39 is 10.0 Å². The van der Waals surface area contributed by atoms with Crippen molar-refractivity contribution in [1.29, 1.82) is 0 Å². The summed E-state index contributed by atoms with van der Waals surface area (Å²) in [4.78, 5) is 17.7. The molecule has 5 rings (SSSR count). The molecule has 38 heavy (non-hydrogen) atoms. The van der Waals surface area contributed by atoms with Crippen LogP contribution in [0.4, 0.5) is 5.69 Å². The van der Waals surface area contributed by atoms with Gasteiger partial charge in [-0.3, -0.25) is 9.52 Å². The van der Waals surface area contributed by atoms with Crippen molar-refractivity contribution >= 4 is 54.9 Å². The first-order valence-corrected chi connectivity index (χ1v) is 15.2. The molecule has 0 aliphatic heterocycles. The minimum absolute atomic E-state index is 0.0986. The van der Waals surface area contributed by atoms with E-state index >= 15 is 0 Å². The molecule has 1 amide bonds. The largest absolute Gasteiger partial charge is 0.344 e. The number of aromatic nitrogens is 1. The number of carbonyl (C=O) groups excluding carboxylic acids is 1. The van der Waals surface area contributed by atoms with Crippen LogP contribution in [0.5, 0.6) is 0 Å². The third-order valence-electron chi connectivity index (χ3n) is 5.85. The molecule has 0 bridgehead atoms. The zero-order valence-corrected chi connectivity index (χ0v) is 22.9. The minimum atomic E-state index is -3.69. The van der Waals surface area contributed by atoms with Crippen LogP contribution in [0.25, 0.3) is 10.2 Å². The van der Waals surface area contributed by atoms with Crippen LogP contribution in [0.1, 0.15) is 22.7 Å². The Kier molecular flexibility index (Phi) is 7.78. The van der Waals surface area contributed by atoms with Crippen molar-refractivity contribution in [2.45, 2.75) is 22.2 Å². The highest BCUT2D eigenvalue weighted by atomic mass is 32.2. The van der Waals surface area contributed by atoms with Gasteiger partial charge in [0.1, 0.15) is 0 Å². The second kappa shape index (κ2) is 11.4. The smallest absolute Gasteiger partial charge is 0.261 e. The SMILES string of the molecule is Cc1ccc(S(=O)(=O)Nc2ccc3nc(SCC(=O)NC(c4ccccc4)c4ccccc4)sc3c2)cc1. The van der Waals surface area contributed by atoms with Crippen LogP contribution in [0, 0.1) is 6.92 Å². The number of fused-ring (bicyclic) bond motifs is 1. The minimum Gasteiger partial charge on any atom is -0.344 e. The van der Waals surface area contributed by atoms with Gasteiger partial charge in [0.15, 0.2) is 4.34 Å². The normalized spacial score (nSPS) is 11.5. The summed E-state index contributed by atoms with van der Waals surface area (Å²) in [5.74, 6) is 0.113. The molecular weight excluding hydrogens is 535 g/mol. The highest BCUT2D eigenvalue weighted by molar-refractivity contribution is 8.01. The van der Waals surface area contributed by atoms with E-state index in [0.717, 1.165) is 31.2 Å². The fraction of sp³-hybridized carbons (Fsp3) is 0.103. The van der Waals surface area contributed by atoms with Crippen molar-refractivity contribution in [3.05, 3.63) is 120 Å². The van der Waals surface area contributed by atoms with E-state index in [2.05, 4.69) is 15.0 Å². The number of benzene rings is 4. The van der Waals surface area contributed by atoms with Gasteiger partial charge in [-0.1, -0.05) is 90.1 Å². The standard InChI is InChI=1S/C29H25N3O3S3/c1-20-12-15-24(16-13-20)38(34,35)32-23-14-17-25-26(18-23)37-29(30-25)36-19-27(33)31-28(21-8-4-2-5-9-21)22-10-6-3-7-11-22/h2-18,28,32H,19H2,1H3,(H,31,33). The Hall–Kier alpha value is -3.66. The topological polar surface area (TPSA) is 88.2 Å². The Balaban J connectivity index is 1.26. The van der Waals surface area contributed by atoms with Gasteiger partial charge in [-0.15, -0.1) is 11.3 Å². The maximum absolute atomic E-state index is 12.9. The first-order valence-electron chi connectivity index (χ1n) is 11.9. The van der Waals surface area contributed by atoms with Crippen LogP contribution >= 0.6 is 23.1 Å². The van der Waals surface area contributed by atoms with Gasteiger partial charge in [0, 0.05) is 0 Å². The van der Waals surface area contributed by atoms with Crippen LogP contribution < -0.4 is 10.0 Å². The van der Waals surface area contributed by atoms with Crippen molar-refractivity contribution in [3.63, 3.8) is 0 Å². The summed E-state index contributed by atoms with van der Waals surface area (Å²) in [5.41, 5.74) is 4.23. The predicted octanol–water partition coefficient (Wildman–Crippen LogP) is 6.40. The van der Waals surface area contributed by atoms with Crippen molar-refractivity contribution in [2.24, 2.45) is 0 Å². The van der Waals surface area contributed by atoms with Crippen LogP contribution in [0.3, 0.4) is 0 Å². The van der Waals surface area contributed by atoms with Gasteiger partial charge < -0.3 is 5.32 Å². The molecule has 0 aliphatic carbocycles. The number of nitrogens with one attached hydrogen (secondary N) is 2. The first-order chi connectivity index (χ1) is 18.4. The summed E-state index contributed by atoms with van der Waals surface area (Å²) < 4.78 is 29.7. The zero-order chi connectivity index (χ0) is 26.5. The fourth-order valence-electron chi connectivity index (χ4n) is 3.94. The van der Waals surface area contributed by atoms with Crippen LogP contribution in [0.2, 0.25) is 0 Å². The Morgan fingerprint density at radius 2 is 1.53 bits per heavy atom. The van der Waals surface area contributed by atoms with Gasteiger partial charge in [-0.05, 0) is 48.4 Å². The summed E-state index contributed by atoms with van der Waals surface area (Å²) in [5, 5.41) is 3.15. The molecule has 0 fully saturated rings. The van der Waals surface area contributed by atoms with Crippen LogP contribution in [-0.4, -0.2) is 25.1 Å². The van der Waals surface area contributed by atoms with E-state index in [-0.39, 0.29) is 22.6 Å². The average Bonchev–Trinajstić information content (AvgIpc) is 3.34. The zero-order valence-electron chi connectivity index (χ0n) is 20.5. The molecule has 4 aromatic carbocycles. The maximum atomic E-state index is 12.9.